The molecule has 1 fully saturated rings. The third-order valence-corrected chi connectivity index (χ3v) is 3.66. The van der Waals surface area contributed by atoms with E-state index < -0.39 is 5.97 Å². The van der Waals surface area contributed by atoms with Gasteiger partial charge in [0.2, 0.25) is 5.95 Å². The molecule has 1 aromatic carbocycles. The van der Waals surface area contributed by atoms with E-state index in [1.807, 2.05) is 16.5 Å². The van der Waals surface area contributed by atoms with Crippen LogP contribution in [0.4, 0.5) is 10.3 Å². The summed E-state index contributed by atoms with van der Waals surface area (Å²) in [6, 6.07) is 4.83. The molecule has 3 rings (SSSR count). The number of nitrogens with zero attached hydrogens (tertiary/aromatic N) is 3. The number of carbonyl (C=O) groups is 1. The largest absolute Gasteiger partial charge is 0.481 e. The molecular weight excluding hydrogens is 249 g/mol. The van der Waals surface area contributed by atoms with Gasteiger partial charge in [-0.05, 0) is 18.6 Å². The highest BCUT2D eigenvalue weighted by atomic mass is 19.1. The molecule has 0 saturated carbocycles. The van der Waals surface area contributed by atoms with Gasteiger partial charge >= 0.3 is 5.97 Å². The molecule has 19 heavy (non-hydrogen) atoms. The van der Waals surface area contributed by atoms with Crippen molar-refractivity contribution in [3.05, 3.63) is 24.0 Å². The van der Waals surface area contributed by atoms with Crippen molar-refractivity contribution in [3.8, 4) is 0 Å². The second-order valence-corrected chi connectivity index (χ2v) is 4.85. The van der Waals surface area contributed by atoms with Crippen LogP contribution in [0, 0.1) is 11.7 Å². The molecule has 2 heterocycles. The lowest BCUT2D eigenvalue weighted by Gasteiger charge is -2.16. The fraction of sp³-hybridized carbons (Fsp3) is 0.385. The summed E-state index contributed by atoms with van der Waals surface area (Å²) in [7, 11) is 1.82. The van der Waals surface area contributed by atoms with E-state index >= 15 is 0 Å². The summed E-state index contributed by atoms with van der Waals surface area (Å²) in [5.74, 6) is -0.880. The van der Waals surface area contributed by atoms with Crippen LogP contribution >= 0.6 is 0 Å². The molecule has 1 atom stereocenters. The van der Waals surface area contributed by atoms with E-state index in [-0.39, 0.29) is 11.7 Å². The zero-order chi connectivity index (χ0) is 13.6. The Labute approximate surface area is 109 Å². The zero-order valence-electron chi connectivity index (χ0n) is 10.5. The molecule has 1 aliphatic rings. The predicted molar refractivity (Wildman–Crippen MR) is 68.6 cm³/mol. The van der Waals surface area contributed by atoms with Crippen molar-refractivity contribution in [2.24, 2.45) is 13.0 Å². The van der Waals surface area contributed by atoms with E-state index in [0.717, 1.165) is 0 Å². The molecule has 0 spiro atoms. The van der Waals surface area contributed by atoms with Gasteiger partial charge in [-0.1, -0.05) is 6.07 Å². The number of hydrogen-bond donors (Lipinski definition) is 1. The summed E-state index contributed by atoms with van der Waals surface area (Å²) >= 11 is 0. The topological polar surface area (TPSA) is 58.4 Å². The Morgan fingerprint density at radius 2 is 2.32 bits per heavy atom. The minimum Gasteiger partial charge on any atom is -0.481 e. The van der Waals surface area contributed by atoms with Gasteiger partial charge in [0.15, 0.2) is 5.82 Å². The highest BCUT2D eigenvalue weighted by Crippen LogP contribution is 2.27. The van der Waals surface area contributed by atoms with Crippen LogP contribution in [0.3, 0.4) is 0 Å². The van der Waals surface area contributed by atoms with Gasteiger partial charge in [0, 0.05) is 20.1 Å². The van der Waals surface area contributed by atoms with Gasteiger partial charge in [0.05, 0.1) is 11.4 Å². The number of anilines is 1. The summed E-state index contributed by atoms with van der Waals surface area (Å²) in [6.07, 6.45) is 0.598. The molecule has 0 aliphatic carbocycles. The van der Waals surface area contributed by atoms with Crippen molar-refractivity contribution in [2.75, 3.05) is 18.0 Å². The standard InChI is InChI=1S/C13H14FN3O2/c1-16-10-4-2-3-9(14)11(10)15-13(16)17-6-5-8(7-17)12(18)19/h2-4,8H,5-7H2,1H3,(H,18,19). The number of halogens is 1. The number of benzene rings is 1. The number of fused-ring (bicyclic) bond motifs is 1. The average molecular weight is 263 g/mol. The van der Waals surface area contributed by atoms with E-state index in [1.165, 1.54) is 6.07 Å². The van der Waals surface area contributed by atoms with Gasteiger partial charge in [0.25, 0.3) is 0 Å². The zero-order valence-corrected chi connectivity index (χ0v) is 10.5. The number of aryl methyl sites for hydroxylation is 1. The summed E-state index contributed by atoms with van der Waals surface area (Å²) in [5, 5.41) is 9.02. The normalized spacial score (nSPS) is 19.3. The van der Waals surface area contributed by atoms with Gasteiger partial charge < -0.3 is 14.6 Å². The summed E-state index contributed by atoms with van der Waals surface area (Å²) in [6.45, 7) is 1.06. The number of para-hydroxylation sites is 1. The molecule has 1 unspecified atom stereocenters. The minimum absolute atomic E-state index is 0.332. The minimum atomic E-state index is -0.785. The predicted octanol–water partition coefficient (Wildman–Crippen LogP) is 1.62. The Morgan fingerprint density at radius 3 is 2.95 bits per heavy atom. The van der Waals surface area contributed by atoms with Crippen LogP contribution in [-0.2, 0) is 11.8 Å². The van der Waals surface area contributed by atoms with Crippen LogP contribution in [0.25, 0.3) is 11.0 Å². The van der Waals surface area contributed by atoms with E-state index in [2.05, 4.69) is 4.98 Å². The highest BCUT2D eigenvalue weighted by Gasteiger charge is 2.30. The first-order valence-electron chi connectivity index (χ1n) is 6.16. The number of rotatable bonds is 2. The maximum absolute atomic E-state index is 13.7. The third-order valence-electron chi connectivity index (χ3n) is 3.66. The second kappa shape index (κ2) is 4.22. The number of imidazole rings is 1. The van der Waals surface area contributed by atoms with Gasteiger partial charge in [-0.3, -0.25) is 4.79 Å². The van der Waals surface area contributed by atoms with E-state index in [4.69, 9.17) is 5.11 Å². The van der Waals surface area contributed by atoms with E-state index in [0.29, 0.717) is 36.5 Å². The number of carboxylic acid groups (broad SMARTS) is 1. The first-order valence-corrected chi connectivity index (χ1v) is 6.16. The van der Waals surface area contributed by atoms with Crippen molar-refractivity contribution in [1.29, 1.82) is 0 Å². The molecule has 1 aliphatic heterocycles. The monoisotopic (exact) mass is 263 g/mol. The second-order valence-electron chi connectivity index (χ2n) is 4.85. The molecule has 1 N–H and O–H groups in total. The van der Waals surface area contributed by atoms with Crippen molar-refractivity contribution in [1.82, 2.24) is 9.55 Å². The first kappa shape index (κ1) is 12.0. The van der Waals surface area contributed by atoms with Crippen LogP contribution in [0.5, 0.6) is 0 Å². The van der Waals surface area contributed by atoms with E-state index in [9.17, 15) is 9.18 Å². The Balaban J connectivity index is 2.00. The van der Waals surface area contributed by atoms with Gasteiger partial charge in [0.1, 0.15) is 5.52 Å². The van der Waals surface area contributed by atoms with Crippen LogP contribution in [0.1, 0.15) is 6.42 Å². The lowest BCUT2D eigenvalue weighted by Crippen LogP contribution is -2.25. The number of carboxylic acids is 1. The maximum atomic E-state index is 13.7. The third kappa shape index (κ3) is 1.83. The molecule has 0 radical (unpaired) electrons. The molecular formula is C13H14FN3O2. The van der Waals surface area contributed by atoms with Crippen LogP contribution in [-0.4, -0.2) is 33.7 Å². The molecule has 1 saturated heterocycles. The molecule has 6 heteroatoms. The Morgan fingerprint density at radius 1 is 1.53 bits per heavy atom. The smallest absolute Gasteiger partial charge is 0.308 e. The van der Waals surface area contributed by atoms with Crippen LogP contribution < -0.4 is 4.90 Å². The lowest BCUT2D eigenvalue weighted by molar-refractivity contribution is -0.140. The fourth-order valence-electron chi connectivity index (χ4n) is 2.59. The quantitative estimate of drug-likeness (QED) is 0.894. The van der Waals surface area contributed by atoms with Crippen LogP contribution in [0.2, 0.25) is 0 Å². The summed E-state index contributed by atoms with van der Waals surface area (Å²) < 4.78 is 15.5. The van der Waals surface area contributed by atoms with Crippen molar-refractivity contribution in [2.45, 2.75) is 6.42 Å². The van der Waals surface area contributed by atoms with Crippen molar-refractivity contribution >= 4 is 23.0 Å². The van der Waals surface area contributed by atoms with E-state index in [1.54, 1.807) is 12.1 Å². The molecule has 1 aromatic heterocycles. The van der Waals surface area contributed by atoms with Gasteiger partial charge in [-0.2, -0.15) is 0 Å². The van der Waals surface area contributed by atoms with Crippen molar-refractivity contribution in [3.63, 3.8) is 0 Å². The van der Waals surface area contributed by atoms with Crippen LogP contribution in [0.15, 0.2) is 18.2 Å². The maximum Gasteiger partial charge on any atom is 0.308 e. The summed E-state index contributed by atoms with van der Waals surface area (Å²) in [5.41, 5.74) is 1.05. The SMILES string of the molecule is Cn1c(N2CCC(C(=O)O)C2)nc2c(F)cccc21. The molecule has 0 bridgehead atoms. The molecule has 5 nitrogen and oxygen atoms in total. The lowest BCUT2D eigenvalue weighted by atomic mass is 10.1. The van der Waals surface area contributed by atoms with Gasteiger partial charge in [-0.15, -0.1) is 0 Å². The number of hydrogen-bond acceptors (Lipinski definition) is 3. The Kier molecular flexibility index (Phi) is 2.66. The Bertz CT molecular complexity index is 653. The summed E-state index contributed by atoms with van der Waals surface area (Å²) in [4.78, 5) is 17.2. The Hall–Kier alpha value is -2.11. The first-order chi connectivity index (χ1) is 9.08. The van der Waals surface area contributed by atoms with Crippen molar-refractivity contribution < 1.29 is 14.3 Å². The number of aromatic nitrogens is 2. The fourth-order valence-corrected chi connectivity index (χ4v) is 2.59. The molecule has 0 amide bonds. The number of aliphatic carboxylic acids is 1. The van der Waals surface area contributed by atoms with Gasteiger partial charge in [-0.25, -0.2) is 9.37 Å². The molecule has 100 valence electrons. The highest BCUT2D eigenvalue weighted by molar-refractivity contribution is 5.80. The average Bonchev–Trinajstić information content (AvgIpc) is 2.96. The molecule has 2 aromatic rings.